The van der Waals surface area contributed by atoms with Crippen LogP contribution in [-0.4, -0.2) is 67.7 Å². The molecule has 0 unspecified atom stereocenters. The number of ketones is 1. The van der Waals surface area contributed by atoms with Crippen molar-refractivity contribution in [3.8, 4) is 5.75 Å². The first kappa shape index (κ1) is 27.1. The van der Waals surface area contributed by atoms with E-state index in [0.29, 0.717) is 35.5 Å². The molecule has 7 nitrogen and oxygen atoms in total. The number of rotatable bonds is 10. The van der Waals surface area contributed by atoms with E-state index >= 15 is 0 Å². The molecule has 37 heavy (non-hydrogen) atoms. The second-order valence-corrected chi connectivity index (χ2v) is 10.7. The fourth-order valence-corrected chi connectivity index (χ4v) is 5.88. The van der Waals surface area contributed by atoms with Crippen LogP contribution in [0.25, 0.3) is 0 Å². The van der Waals surface area contributed by atoms with Crippen LogP contribution >= 0.6 is 11.3 Å². The van der Waals surface area contributed by atoms with Crippen molar-refractivity contribution in [2.75, 3.05) is 38.2 Å². The van der Waals surface area contributed by atoms with Crippen LogP contribution in [0, 0.1) is 0 Å². The van der Waals surface area contributed by atoms with Gasteiger partial charge in [0, 0.05) is 55.2 Å². The zero-order valence-corrected chi connectivity index (χ0v) is 23.1. The van der Waals surface area contributed by atoms with Gasteiger partial charge in [-0.05, 0) is 86.7 Å². The Morgan fingerprint density at radius 1 is 1.22 bits per heavy atom. The lowest BCUT2D eigenvalue weighted by Gasteiger charge is -2.42. The Morgan fingerprint density at radius 3 is 2.59 bits per heavy atom. The molecule has 1 atom stereocenters. The molecule has 1 amide bonds. The molecule has 4 rings (SSSR count). The van der Waals surface area contributed by atoms with E-state index in [2.05, 4.69) is 56.0 Å². The van der Waals surface area contributed by atoms with Gasteiger partial charge >= 0.3 is 0 Å². The number of nitrogens with one attached hydrogen (secondary N) is 1. The highest BCUT2D eigenvalue weighted by Crippen LogP contribution is 2.29. The summed E-state index contributed by atoms with van der Waals surface area (Å²) in [6, 6.07) is 11.4. The number of benzene rings is 1. The molecule has 1 aromatic carbocycles. The number of aliphatic imine (C=N–C) groups is 1. The number of likely N-dealkylation sites (tertiary alicyclic amines) is 1. The minimum absolute atomic E-state index is 0.0744. The Bertz CT molecular complexity index is 1130. The van der Waals surface area contributed by atoms with Crippen molar-refractivity contribution in [3.63, 3.8) is 0 Å². The summed E-state index contributed by atoms with van der Waals surface area (Å²) in [5, 5.41) is 7.39. The van der Waals surface area contributed by atoms with Crippen LogP contribution in [0.1, 0.15) is 45.6 Å². The van der Waals surface area contributed by atoms with Gasteiger partial charge in [-0.25, -0.2) is 0 Å². The average Bonchev–Trinajstić information content (AvgIpc) is 3.43. The second-order valence-electron chi connectivity index (χ2n) is 9.94. The molecule has 1 saturated heterocycles. The normalized spacial score (nSPS) is 17.9. The van der Waals surface area contributed by atoms with Gasteiger partial charge < -0.3 is 19.9 Å². The number of methoxy groups -OCH3 is 1. The zero-order chi connectivity index (χ0) is 26.4. The maximum atomic E-state index is 12.7. The molecule has 1 fully saturated rings. The molecule has 0 aliphatic carbocycles. The smallest absolute Gasteiger partial charge is 0.253 e. The lowest BCUT2D eigenvalue weighted by molar-refractivity contribution is -0.118. The maximum Gasteiger partial charge on any atom is 0.253 e. The molecular weight excluding hydrogens is 484 g/mol. The molecule has 3 heterocycles. The van der Waals surface area contributed by atoms with Crippen LogP contribution in [0.3, 0.4) is 0 Å². The third-order valence-corrected chi connectivity index (χ3v) is 8.32. The number of thiophene rings is 1. The van der Waals surface area contributed by atoms with Gasteiger partial charge in [0.15, 0.2) is 5.78 Å². The van der Waals surface area contributed by atoms with Gasteiger partial charge in [-0.3, -0.25) is 14.6 Å². The van der Waals surface area contributed by atoms with Crippen molar-refractivity contribution in [2.45, 2.75) is 58.7 Å². The third-order valence-electron chi connectivity index (χ3n) is 7.59. The standard InChI is InChI=1S/C29H38N4O3S/c1-20(9-13-30-29(35)28-21(2)27(34)17-31-22(28)3)32-14-10-25(11-15-32)33(18-23-12-16-37-19-23)24-5-7-26(36-4)8-6-24/h5-8,12,16,19-20,25H,9-11,13-15,17-18H2,1-4H3,(H,30,35)/t20-/m1/s1. The SMILES string of the molecule is COc1ccc(N(Cc2ccsc2)C2CCN([C@H](C)CCNC(=O)C3=C(C)C(=O)CN=C3C)CC2)cc1. The highest BCUT2D eigenvalue weighted by atomic mass is 32.1. The average molecular weight is 523 g/mol. The van der Waals surface area contributed by atoms with E-state index in [4.69, 9.17) is 4.74 Å². The van der Waals surface area contributed by atoms with Crippen LogP contribution in [0.2, 0.25) is 0 Å². The van der Waals surface area contributed by atoms with Crippen LogP contribution in [-0.2, 0) is 16.1 Å². The van der Waals surface area contributed by atoms with Crippen molar-refractivity contribution >= 4 is 34.4 Å². The first-order chi connectivity index (χ1) is 17.9. The molecule has 0 spiro atoms. The molecule has 0 radical (unpaired) electrons. The summed E-state index contributed by atoms with van der Waals surface area (Å²) < 4.78 is 5.36. The van der Waals surface area contributed by atoms with Crippen molar-refractivity contribution in [1.82, 2.24) is 10.2 Å². The topological polar surface area (TPSA) is 74.2 Å². The minimum atomic E-state index is -0.193. The summed E-state index contributed by atoms with van der Waals surface area (Å²) in [6.45, 7) is 9.43. The van der Waals surface area contributed by atoms with Crippen LogP contribution in [0.5, 0.6) is 5.75 Å². The van der Waals surface area contributed by atoms with Gasteiger partial charge in [-0.15, -0.1) is 0 Å². The Labute approximate surface area is 224 Å². The third kappa shape index (κ3) is 6.67. The molecule has 1 aromatic heterocycles. The van der Waals surface area contributed by atoms with E-state index in [0.717, 1.165) is 44.6 Å². The number of dihydropyridines is 1. The van der Waals surface area contributed by atoms with E-state index < -0.39 is 0 Å². The molecule has 2 aliphatic heterocycles. The predicted molar refractivity (Wildman–Crippen MR) is 151 cm³/mol. The quantitative estimate of drug-likeness (QED) is 0.498. The molecule has 2 aliphatic rings. The summed E-state index contributed by atoms with van der Waals surface area (Å²) in [5.41, 5.74) is 4.18. The van der Waals surface area contributed by atoms with Gasteiger partial charge in [0.2, 0.25) is 0 Å². The molecule has 2 aromatic rings. The van der Waals surface area contributed by atoms with Crippen LogP contribution in [0.15, 0.2) is 57.2 Å². The van der Waals surface area contributed by atoms with Crippen molar-refractivity contribution in [1.29, 1.82) is 0 Å². The van der Waals surface area contributed by atoms with Crippen molar-refractivity contribution < 1.29 is 14.3 Å². The van der Waals surface area contributed by atoms with Gasteiger partial charge in [0.05, 0.1) is 12.7 Å². The van der Waals surface area contributed by atoms with E-state index in [1.807, 2.05) is 12.1 Å². The summed E-state index contributed by atoms with van der Waals surface area (Å²) in [6.07, 6.45) is 3.05. The number of ether oxygens (including phenoxy) is 1. The number of piperidine rings is 1. The number of amides is 1. The number of Topliss-reactive ketones (excluding diaryl/α,β-unsaturated/α-hetero) is 1. The largest absolute Gasteiger partial charge is 0.497 e. The number of nitrogens with zero attached hydrogens (tertiary/aromatic N) is 3. The van der Waals surface area contributed by atoms with Crippen LogP contribution in [0.4, 0.5) is 5.69 Å². The van der Waals surface area contributed by atoms with E-state index in [1.165, 1.54) is 11.3 Å². The fourth-order valence-electron chi connectivity index (χ4n) is 5.22. The minimum Gasteiger partial charge on any atom is -0.497 e. The monoisotopic (exact) mass is 522 g/mol. The van der Waals surface area contributed by atoms with E-state index in [9.17, 15) is 9.59 Å². The number of hydrogen-bond acceptors (Lipinski definition) is 7. The molecule has 0 bridgehead atoms. The molecular formula is C29H38N4O3S. The van der Waals surface area contributed by atoms with Crippen molar-refractivity contribution in [3.05, 3.63) is 57.8 Å². The molecule has 8 heteroatoms. The first-order valence-electron chi connectivity index (χ1n) is 13.1. The highest BCUT2D eigenvalue weighted by Gasteiger charge is 2.28. The van der Waals surface area contributed by atoms with E-state index in [1.54, 1.807) is 32.3 Å². The Kier molecular flexibility index (Phi) is 9.16. The summed E-state index contributed by atoms with van der Waals surface area (Å²) in [5.74, 6) is 0.606. The Balaban J connectivity index is 1.30. The molecule has 0 saturated carbocycles. The highest BCUT2D eigenvalue weighted by molar-refractivity contribution is 7.07. The summed E-state index contributed by atoms with van der Waals surface area (Å²) >= 11 is 1.74. The summed E-state index contributed by atoms with van der Waals surface area (Å²) in [4.78, 5) is 33.9. The maximum absolute atomic E-state index is 12.7. The number of carbonyl (C=O) groups excluding carboxylic acids is 2. The zero-order valence-electron chi connectivity index (χ0n) is 22.3. The second kappa shape index (κ2) is 12.5. The van der Waals surface area contributed by atoms with Gasteiger partial charge in [-0.2, -0.15) is 11.3 Å². The predicted octanol–water partition coefficient (Wildman–Crippen LogP) is 4.48. The number of anilines is 1. The number of hydrogen-bond donors (Lipinski definition) is 1. The lowest BCUT2D eigenvalue weighted by Crippen LogP contribution is -2.48. The molecule has 1 N–H and O–H groups in total. The van der Waals surface area contributed by atoms with Gasteiger partial charge in [0.1, 0.15) is 12.3 Å². The Hall–Kier alpha value is -2.97. The first-order valence-corrected chi connectivity index (χ1v) is 14.0. The van der Waals surface area contributed by atoms with Crippen LogP contribution < -0.4 is 15.0 Å². The summed E-state index contributed by atoms with van der Waals surface area (Å²) in [7, 11) is 1.70. The lowest BCUT2D eigenvalue weighted by atomic mass is 9.98. The Morgan fingerprint density at radius 2 is 1.95 bits per heavy atom. The van der Waals surface area contributed by atoms with Crippen molar-refractivity contribution in [2.24, 2.45) is 4.99 Å². The van der Waals surface area contributed by atoms with E-state index in [-0.39, 0.29) is 18.2 Å². The molecule has 198 valence electrons. The van der Waals surface area contributed by atoms with Gasteiger partial charge in [-0.1, -0.05) is 0 Å². The fraction of sp³-hybridized carbons (Fsp3) is 0.483. The number of carbonyl (C=O) groups is 2. The van der Waals surface area contributed by atoms with Gasteiger partial charge in [0.25, 0.3) is 5.91 Å².